The van der Waals surface area contributed by atoms with Crippen LogP contribution >= 0.6 is 11.3 Å². The first kappa shape index (κ1) is 15.1. The van der Waals surface area contributed by atoms with Crippen LogP contribution in [-0.2, 0) is 0 Å². The van der Waals surface area contributed by atoms with Gasteiger partial charge in [-0.1, -0.05) is 0 Å². The number of carbonyl (C=O) groups is 2. The predicted molar refractivity (Wildman–Crippen MR) is 76.0 cm³/mol. The number of anilines is 1. The zero-order valence-corrected chi connectivity index (χ0v) is 11.8. The summed E-state index contributed by atoms with van der Waals surface area (Å²) >= 11 is 1.24. The van der Waals surface area contributed by atoms with Crippen LogP contribution in [0.5, 0.6) is 0 Å². The lowest BCUT2D eigenvalue weighted by molar-refractivity contribution is 0.0697. The Hall–Kier alpha value is -2.32. The summed E-state index contributed by atoms with van der Waals surface area (Å²) in [4.78, 5) is 27.1. The van der Waals surface area contributed by atoms with Crippen molar-refractivity contribution in [3.63, 3.8) is 0 Å². The number of carboxylic acid groups (broad SMARTS) is 1. The third-order valence-corrected chi connectivity index (χ3v) is 3.65. The zero-order valence-electron chi connectivity index (χ0n) is 11.0. The normalized spacial score (nSPS) is 12.0. The molecule has 0 aliphatic rings. The van der Waals surface area contributed by atoms with Crippen molar-refractivity contribution in [1.29, 1.82) is 0 Å². The number of aromatic carboxylic acids is 1. The molecule has 0 saturated carbocycles. The van der Waals surface area contributed by atoms with Crippen LogP contribution in [0.25, 0.3) is 0 Å². The maximum Gasteiger partial charge on any atom is 0.337 e. The Morgan fingerprint density at radius 2 is 2.19 bits per heavy atom. The average molecular weight is 309 g/mol. The molecule has 0 bridgehead atoms. The number of nitrogens with one attached hydrogen (secondary N) is 1. The Morgan fingerprint density at radius 1 is 1.48 bits per heavy atom. The molecule has 0 saturated heterocycles. The first-order valence-electron chi connectivity index (χ1n) is 5.93. The second-order valence-electron chi connectivity index (χ2n) is 4.31. The molecule has 1 amide bonds. The second kappa shape index (κ2) is 5.98. The van der Waals surface area contributed by atoms with Gasteiger partial charge in [0.05, 0.1) is 17.3 Å². The maximum absolute atomic E-state index is 13.1. The molecule has 2 rings (SSSR count). The lowest BCUT2D eigenvalue weighted by atomic mass is 10.1. The Labute approximate surface area is 123 Å². The van der Waals surface area contributed by atoms with E-state index in [1.807, 2.05) is 0 Å². The van der Waals surface area contributed by atoms with Crippen molar-refractivity contribution in [1.82, 2.24) is 4.98 Å². The molecule has 1 aromatic heterocycles. The minimum atomic E-state index is -1.33. The van der Waals surface area contributed by atoms with Crippen molar-refractivity contribution < 1.29 is 19.1 Å². The molecule has 1 unspecified atom stereocenters. The lowest BCUT2D eigenvalue weighted by Gasteiger charge is -2.07. The van der Waals surface area contributed by atoms with Gasteiger partial charge in [-0.3, -0.25) is 4.79 Å². The molecule has 0 aliphatic heterocycles. The van der Waals surface area contributed by atoms with Crippen LogP contribution in [0, 0.1) is 5.82 Å². The van der Waals surface area contributed by atoms with Crippen molar-refractivity contribution in [2.24, 2.45) is 5.73 Å². The van der Waals surface area contributed by atoms with E-state index >= 15 is 0 Å². The molecule has 6 nitrogen and oxygen atoms in total. The number of nitrogens with zero attached hydrogens (tertiary/aromatic N) is 1. The number of rotatable bonds is 4. The van der Waals surface area contributed by atoms with Crippen molar-refractivity contribution >= 4 is 28.9 Å². The summed E-state index contributed by atoms with van der Waals surface area (Å²) in [5, 5.41) is 13.5. The first-order chi connectivity index (χ1) is 9.88. The summed E-state index contributed by atoms with van der Waals surface area (Å²) in [5.41, 5.74) is 5.47. The smallest absolute Gasteiger partial charge is 0.337 e. The van der Waals surface area contributed by atoms with E-state index in [0.29, 0.717) is 5.01 Å². The molecule has 0 spiro atoms. The van der Waals surface area contributed by atoms with E-state index in [4.69, 9.17) is 10.8 Å². The van der Waals surface area contributed by atoms with Crippen LogP contribution in [0.4, 0.5) is 10.1 Å². The number of hydrogen-bond donors (Lipinski definition) is 3. The van der Waals surface area contributed by atoms with Crippen LogP contribution in [0.1, 0.15) is 38.8 Å². The van der Waals surface area contributed by atoms with E-state index in [9.17, 15) is 14.0 Å². The van der Waals surface area contributed by atoms with Crippen molar-refractivity contribution in [3.05, 3.63) is 45.7 Å². The average Bonchev–Trinajstić information content (AvgIpc) is 2.90. The van der Waals surface area contributed by atoms with E-state index in [-0.39, 0.29) is 23.0 Å². The van der Waals surface area contributed by atoms with Gasteiger partial charge in [0.15, 0.2) is 0 Å². The maximum atomic E-state index is 13.1. The van der Waals surface area contributed by atoms with Gasteiger partial charge in [0.25, 0.3) is 5.91 Å². The summed E-state index contributed by atoms with van der Waals surface area (Å²) < 4.78 is 13.1. The Bertz CT molecular complexity index is 700. The minimum Gasteiger partial charge on any atom is -0.478 e. The van der Waals surface area contributed by atoms with E-state index < -0.39 is 17.7 Å². The van der Waals surface area contributed by atoms with Gasteiger partial charge in [-0.2, -0.15) is 0 Å². The van der Waals surface area contributed by atoms with Crippen molar-refractivity contribution in [2.75, 3.05) is 5.32 Å². The summed E-state index contributed by atoms with van der Waals surface area (Å²) in [5.74, 6) is -2.61. The third kappa shape index (κ3) is 3.41. The highest BCUT2D eigenvalue weighted by molar-refractivity contribution is 7.09. The second-order valence-corrected chi connectivity index (χ2v) is 5.20. The molecular formula is C13H12FN3O3S. The molecule has 110 valence electrons. The number of hydrogen-bond acceptors (Lipinski definition) is 5. The van der Waals surface area contributed by atoms with Gasteiger partial charge in [0.1, 0.15) is 16.5 Å². The van der Waals surface area contributed by atoms with Crippen molar-refractivity contribution in [3.8, 4) is 0 Å². The number of halogens is 1. The first-order valence-corrected chi connectivity index (χ1v) is 6.81. The fourth-order valence-electron chi connectivity index (χ4n) is 1.59. The highest BCUT2D eigenvalue weighted by atomic mass is 32.1. The summed E-state index contributed by atoms with van der Waals surface area (Å²) in [6.07, 6.45) is 0. The summed E-state index contributed by atoms with van der Waals surface area (Å²) in [7, 11) is 0. The molecule has 4 N–H and O–H groups in total. The molecule has 0 fully saturated rings. The van der Waals surface area contributed by atoms with Gasteiger partial charge in [0.2, 0.25) is 0 Å². The van der Waals surface area contributed by atoms with Crippen LogP contribution < -0.4 is 11.1 Å². The third-order valence-electron chi connectivity index (χ3n) is 2.60. The fraction of sp³-hybridized carbons (Fsp3) is 0.154. The quantitative estimate of drug-likeness (QED) is 0.803. The van der Waals surface area contributed by atoms with Gasteiger partial charge in [-0.05, 0) is 25.1 Å². The molecule has 1 atom stereocenters. The van der Waals surface area contributed by atoms with Crippen LogP contribution in [-0.4, -0.2) is 22.0 Å². The fourth-order valence-corrected chi connectivity index (χ4v) is 2.35. The molecule has 0 aliphatic carbocycles. The number of carbonyl (C=O) groups excluding carboxylic acids is 1. The van der Waals surface area contributed by atoms with Gasteiger partial charge >= 0.3 is 5.97 Å². The van der Waals surface area contributed by atoms with E-state index in [1.54, 1.807) is 6.92 Å². The molecule has 1 heterocycles. The number of carboxylic acids is 1. The molecule has 1 aromatic carbocycles. The van der Waals surface area contributed by atoms with Crippen LogP contribution in [0.15, 0.2) is 23.6 Å². The minimum absolute atomic E-state index is 0.00393. The topological polar surface area (TPSA) is 105 Å². The standard InChI is InChI=1S/C13H12FN3O3S/c1-6(15)12-17-10(5-21-12)11(18)16-9-3-2-7(14)4-8(9)13(19)20/h2-6H,15H2,1H3,(H,16,18)(H,19,20). The molecule has 8 heteroatoms. The summed E-state index contributed by atoms with van der Waals surface area (Å²) in [6, 6.07) is 2.80. The Balaban J connectivity index is 2.25. The van der Waals surface area contributed by atoms with E-state index in [0.717, 1.165) is 12.1 Å². The van der Waals surface area contributed by atoms with Crippen LogP contribution in [0.2, 0.25) is 0 Å². The number of aromatic nitrogens is 1. The number of benzene rings is 1. The Kier molecular flexibility index (Phi) is 4.29. The zero-order chi connectivity index (χ0) is 15.6. The van der Waals surface area contributed by atoms with Gasteiger partial charge < -0.3 is 16.2 Å². The Morgan fingerprint density at radius 3 is 2.76 bits per heavy atom. The van der Waals surface area contributed by atoms with Gasteiger partial charge in [0, 0.05) is 5.38 Å². The number of amides is 1. The lowest BCUT2D eigenvalue weighted by Crippen LogP contribution is -2.16. The number of nitrogens with two attached hydrogens (primary N) is 1. The van der Waals surface area contributed by atoms with E-state index in [1.165, 1.54) is 22.8 Å². The van der Waals surface area contributed by atoms with Gasteiger partial charge in [-0.25, -0.2) is 14.2 Å². The monoisotopic (exact) mass is 309 g/mol. The highest BCUT2D eigenvalue weighted by Crippen LogP contribution is 2.20. The van der Waals surface area contributed by atoms with Crippen molar-refractivity contribution in [2.45, 2.75) is 13.0 Å². The SMILES string of the molecule is CC(N)c1nc(C(=O)Nc2ccc(F)cc2C(=O)O)cs1. The van der Waals surface area contributed by atoms with Gasteiger partial charge in [-0.15, -0.1) is 11.3 Å². The molecular weight excluding hydrogens is 297 g/mol. The van der Waals surface area contributed by atoms with E-state index in [2.05, 4.69) is 10.3 Å². The summed E-state index contributed by atoms with van der Waals surface area (Å²) in [6.45, 7) is 1.74. The van der Waals surface area contributed by atoms with Crippen LogP contribution in [0.3, 0.4) is 0 Å². The highest BCUT2D eigenvalue weighted by Gasteiger charge is 2.17. The molecule has 0 radical (unpaired) electrons. The molecule has 2 aromatic rings. The predicted octanol–water partition coefficient (Wildman–Crippen LogP) is 2.25. The largest absolute Gasteiger partial charge is 0.478 e. The number of thiazole rings is 1. The molecule has 21 heavy (non-hydrogen) atoms.